The van der Waals surface area contributed by atoms with Crippen LogP contribution in [0.15, 0.2) is 47.8 Å². The Balaban J connectivity index is 1.65. The number of likely N-dealkylation sites (tertiary alicyclic amines) is 1. The topological polar surface area (TPSA) is 23.6 Å². The van der Waals surface area contributed by atoms with E-state index in [1.165, 1.54) is 4.88 Å². The number of carbonyl (C=O) groups is 1. The van der Waals surface area contributed by atoms with Gasteiger partial charge in [0.1, 0.15) is 0 Å². The van der Waals surface area contributed by atoms with E-state index in [1.807, 2.05) is 36.5 Å². The molecule has 0 unspecified atom stereocenters. The second kappa shape index (κ2) is 8.63. The van der Waals surface area contributed by atoms with Crippen molar-refractivity contribution >= 4 is 22.9 Å². The Morgan fingerprint density at radius 2 is 2.04 bits per heavy atom. The van der Waals surface area contributed by atoms with Crippen molar-refractivity contribution in [1.82, 2.24) is 4.90 Å². The van der Waals surface area contributed by atoms with Crippen LogP contribution in [0.1, 0.15) is 31.6 Å². The summed E-state index contributed by atoms with van der Waals surface area (Å²) in [4.78, 5) is 18.7. The number of nitrogens with zero attached hydrogens (tertiary/aromatic N) is 2. The molecule has 3 rings (SSSR count). The predicted molar refractivity (Wildman–Crippen MR) is 106 cm³/mol. The van der Waals surface area contributed by atoms with Crippen LogP contribution in [0.25, 0.3) is 0 Å². The smallest absolute Gasteiger partial charge is 0.226 e. The molecule has 0 spiro atoms. The normalized spacial score (nSPS) is 21.2. The summed E-state index contributed by atoms with van der Waals surface area (Å²) in [6, 6.07) is 14.8. The lowest BCUT2D eigenvalue weighted by atomic mass is 9.91. The van der Waals surface area contributed by atoms with Crippen LogP contribution in [0.4, 0.5) is 5.69 Å². The fourth-order valence-corrected chi connectivity index (χ4v) is 4.51. The highest BCUT2D eigenvalue weighted by Crippen LogP contribution is 2.28. The molecule has 0 radical (unpaired) electrons. The van der Waals surface area contributed by atoms with Crippen molar-refractivity contribution in [2.24, 2.45) is 5.92 Å². The molecule has 25 heavy (non-hydrogen) atoms. The van der Waals surface area contributed by atoms with Gasteiger partial charge in [-0.25, -0.2) is 0 Å². The SMILES string of the molecule is CCC(=O)N(c1ccccc1)[C@H]1CCN(CCc2cccs2)C[C@H]1C. The zero-order valence-corrected chi connectivity index (χ0v) is 16.0. The molecule has 2 heterocycles. The van der Waals surface area contributed by atoms with Gasteiger partial charge in [0.25, 0.3) is 0 Å². The molecule has 1 amide bonds. The Bertz CT molecular complexity index is 656. The van der Waals surface area contributed by atoms with Gasteiger partial charge in [0.2, 0.25) is 5.91 Å². The largest absolute Gasteiger partial charge is 0.309 e. The lowest BCUT2D eigenvalue weighted by Gasteiger charge is -2.42. The highest BCUT2D eigenvalue weighted by Gasteiger charge is 2.33. The van der Waals surface area contributed by atoms with Gasteiger partial charge in [0.05, 0.1) is 0 Å². The molecule has 1 aliphatic rings. The maximum absolute atomic E-state index is 12.6. The monoisotopic (exact) mass is 356 g/mol. The first-order valence-corrected chi connectivity index (χ1v) is 10.2. The third kappa shape index (κ3) is 4.50. The minimum atomic E-state index is 0.232. The van der Waals surface area contributed by atoms with E-state index in [-0.39, 0.29) is 5.91 Å². The van der Waals surface area contributed by atoms with E-state index in [2.05, 4.69) is 46.4 Å². The zero-order valence-electron chi connectivity index (χ0n) is 15.2. The fourth-order valence-electron chi connectivity index (χ4n) is 3.81. The average Bonchev–Trinajstić information content (AvgIpc) is 3.16. The number of piperidine rings is 1. The van der Waals surface area contributed by atoms with Crippen LogP contribution in [-0.2, 0) is 11.2 Å². The standard InChI is InChI=1S/C21H28N2OS/c1-3-21(24)23(18-8-5-4-6-9-18)20-12-14-22(16-17(20)2)13-11-19-10-7-15-25-19/h4-10,15,17,20H,3,11-14,16H2,1-2H3/t17-,20+/m1/s1. The summed E-state index contributed by atoms with van der Waals surface area (Å²) < 4.78 is 0. The van der Waals surface area contributed by atoms with E-state index in [4.69, 9.17) is 0 Å². The molecule has 1 fully saturated rings. The van der Waals surface area contributed by atoms with Gasteiger partial charge in [-0.1, -0.05) is 38.1 Å². The van der Waals surface area contributed by atoms with Crippen LogP contribution in [0.3, 0.4) is 0 Å². The molecular weight excluding hydrogens is 328 g/mol. The average molecular weight is 357 g/mol. The van der Waals surface area contributed by atoms with Crippen molar-refractivity contribution in [1.29, 1.82) is 0 Å². The molecule has 134 valence electrons. The van der Waals surface area contributed by atoms with Crippen LogP contribution in [-0.4, -0.2) is 36.5 Å². The van der Waals surface area contributed by atoms with Gasteiger partial charge in [-0.3, -0.25) is 4.79 Å². The van der Waals surface area contributed by atoms with E-state index < -0.39 is 0 Å². The summed E-state index contributed by atoms with van der Waals surface area (Å²) >= 11 is 1.84. The number of hydrogen-bond donors (Lipinski definition) is 0. The van der Waals surface area contributed by atoms with E-state index in [1.54, 1.807) is 0 Å². The van der Waals surface area contributed by atoms with E-state index >= 15 is 0 Å². The quantitative estimate of drug-likeness (QED) is 0.764. The summed E-state index contributed by atoms with van der Waals surface area (Å²) in [5, 5.41) is 2.15. The number of anilines is 1. The number of para-hydroxylation sites is 1. The molecule has 1 aromatic heterocycles. The lowest BCUT2D eigenvalue weighted by molar-refractivity contribution is -0.119. The van der Waals surface area contributed by atoms with Crippen molar-refractivity contribution < 1.29 is 4.79 Å². The van der Waals surface area contributed by atoms with Gasteiger partial charge in [-0.15, -0.1) is 11.3 Å². The number of amides is 1. The molecule has 1 aromatic carbocycles. The first-order valence-electron chi connectivity index (χ1n) is 9.31. The highest BCUT2D eigenvalue weighted by molar-refractivity contribution is 7.09. The van der Waals surface area contributed by atoms with Crippen molar-refractivity contribution in [3.8, 4) is 0 Å². The Morgan fingerprint density at radius 1 is 1.24 bits per heavy atom. The summed E-state index contributed by atoms with van der Waals surface area (Å²) in [5.74, 6) is 0.711. The third-order valence-electron chi connectivity index (χ3n) is 5.14. The zero-order chi connectivity index (χ0) is 17.6. The molecule has 1 aliphatic heterocycles. The first-order chi connectivity index (χ1) is 12.2. The minimum absolute atomic E-state index is 0.232. The summed E-state index contributed by atoms with van der Waals surface area (Å²) in [6.07, 6.45) is 2.73. The van der Waals surface area contributed by atoms with Gasteiger partial charge >= 0.3 is 0 Å². The lowest BCUT2D eigenvalue weighted by Crippen LogP contribution is -2.52. The number of benzene rings is 1. The molecule has 0 N–H and O–H groups in total. The van der Waals surface area contributed by atoms with E-state index in [0.717, 1.165) is 38.2 Å². The molecule has 4 heteroatoms. The molecule has 0 aliphatic carbocycles. The van der Waals surface area contributed by atoms with Gasteiger partial charge < -0.3 is 9.80 Å². The summed E-state index contributed by atoms with van der Waals surface area (Å²) in [7, 11) is 0. The number of rotatable bonds is 6. The fraction of sp³-hybridized carbons (Fsp3) is 0.476. The molecule has 3 nitrogen and oxygen atoms in total. The summed E-state index contributed by atoms with van der Waals surface area (Å²) in [6.45, 7) is 7.50. The number of carbonyl (C=O) groups excluding carboxylic acids is 1. The first kappa shape index (κ1) is 18.2. The third-order valence-corrected chi connectivity index (χ3v) is 6.07. The maximum atomic E-state index is 12.6. The van der Waals surface area contributed by atoms with Gasteiger partial charge in [-0.2, -0.15) is 0 Å². The molecular formula is C21H28N2OS. The van der Waals surface area contributed by atoms with Gasteiger partial charge in [0.15, 0.2) is 0 Å². The second-order valence-electron chi connectivity index (χ2n) is 6.92. The van der Waals surface area contributed by atoms with E-state index in [0.29, 0.717) is 18.4 Å². The summed E-state index contributed by atoms with van der Waals surface area (Å²) in [5.41, 5.74) is 1.04. The van der Waals surface area contributed by atoms with Crippen LogP contribution in [0.5, 0.6) is 0 Å². The maximum Gasteiger partial charge on any atom is 0.226 e. The van der Waals surface area contributed by atoms with Crippen molar-refractivity contribution in [3.63, 3.8) is 0 Å². The minimum Gasteiger partial charge on any atom is -0.309 e. The molecule has 2 aromatic rings. The molecule has 0 saturated carbocycles. The van der Waals surface area contributed by atoms with Crippen LogP contribution in [0.2, 0.25) is 0 Å². The van der Waals surface area contributed by atoms with Crippen LogP contribution in [0, 0.1) is 5.92 Å². The van der Waals surface area contributed by atoms with Crippen LogP contribution >= 0.6 is 11.3 Å². The molecule has 0 bridgehead atoms. The number of hydrogen-bond acceptors (Lipinski definition) is 3. The Kier molecular flexibility index (Phi) is 6.27. The molecule has 1 saturated heterocycles. The van der Waals surface area contributed by atoms with Gasteiger partial charge in [-0.05, 0) is 42.3 Å². The van der Waals surface area contributed by atoms with Crippen molar-refractivity contribution in [3.05, 3.63) is 52.7 Å². The Hall–Kier alpha value is -1.65. The highest BCUT2D eigenvalue weighted by atomic mass is 32.1. The van der Waals surface area contributed by atoms with Gasteiger partial charge in [0, 0.05) is 42.7 Å². The molecule has 2 atom stereocenters. The Morgan fingerprint density at radius 3 is 2.68 bits per heavy atom. The predicted octanol–water partition coefficient (Wildman–Crippen LogP) is 4.44. The van der Waals surface area contributed by atoms with E-state index in [9.17, 15) is 4.79 Å². The Labute approximate surface area is 155 Å². The van der Waals surface area contributed by atoms with Crippen molar-refractivity contribution in [2.45, 2.75) is 39.2 Å². The van der Waals surface area contributed by atoms with Crippen molar-refractivity contribution in [2.75, 3.05) is 24.5 Å². The second-order valence-corrected chi connectivity index (χ2v) is 7.95. The number of thiophene rings is 1. The van der Waals surface area contributed by atoms with Crippen LogP contribution < -0.4 is 4.90 Å².